The van der Waals surface area contributed by atoms with Crippen molar-refractivity contribution in [2.45, 2.75) is 42.4 Å². The van der Waals surface area contributed by atoms with Gasteiger partial charge in [0.1, 0.15) is 0 Å². The molecule has 24 heavy (non-hydrogen) atoms. The van der Waals surface area contributed by atoms with E-state index in [0.717, 1.165) is 30.5 Å². The molecule has 130 valence electrons. The Morgan fingerprint density at radius 3 is 2.50 bits per heavy atom. The van der Waals surface area contributed by atoms with Gasteiger partial charge in [-0.3, -0.25) is 0 Å². The molecule has 2 aromatic rings. The summed E-state index contributed by atoms with van der Waals surface area (Å²) in [5.74, 6) is 0. The molecule has 2 heterocycles. The molecule has 0 aliphatic carbocycles. The maximum absolute atomic E-state index is 12.6. The summed E-state index contributed by atoms with van der Waals surface area (Å²) >= 11 is 1.44. The fraction of sp³-hybridized carbons (Fsp3) is 0.533. The number of hydrogen-bond donors (Lipinski definition) is 0. The zero-order chi connectivity index (χ0) is 17.2. The van der Waals surface area contributed by atoms with Crippen molar-refractivity contribution < 1.29 is 17.9 Å². The van der Waals surface area contributed by atoms with E-state index >= 15 is 0 Å². The minimum atomic E-state index is -4.32. The molecule has 0 radical (unpaired) electrons. The quantitative estimate of drug-likeness (QED) is 0.776. The molecular formula is C15H17F3N4OS. The van der Waals surface area contributed by atoms with Crippen LogP contribution in [0.3, 0.4) is 0 Å². The van der Waals surface area contributed by atoms with Crippen LogP contribution in [0, 0.1) is 0 Å². The molecular weight excluding hydrogens is 341 g/mol. The fourth-order valence-electron chi connectivity index (χ4n) is 2.59. The van der Waals surface area contributed by atoms with Gasteiger partial charge in [-0.2, -0.15) is 13.2 Å². The van der Waals surface area contributed by atoms with Crippen molar-refractivity contribution in [3.8, 4) is 0 Å². The lowest BCUT2D eigenvalue weighted by molar-refractivity contribution is -0.137. The standard InChI is InChI=1S/C15H17F3N4OS/c1-10(11-2-4-12(5-3-11)15(16,17)18)24-14-19-20-21-22(14)13-6-8-23-9-7-13/h2-5,10,13H,6-9H2,1H3. The highest BCUT2D eigenvalue weighted by molar-refractivity contribution is 7.99. The van der Waals surface area contributed by atoms with Crippen molar-refractivity contribution in [3.05, 3.63) is 35.4 Å². The van der Waals surface area contributed by atoms with Crippen molar-refractivity contribution >= 4 is 11.8 Å². The van der Waals surface area contributed by atoms with Crippen LogP contribution in [0.15, 0.2) is 29.4 Å². The summed E-state index contributed by atoms with van der Waals surface area (Å²) in [4.78, 5) is 0. The zero-order valence-electron chi connectivity index (χ0n) is 13.0. The van der Waals surface area contributed by atoms with Gasteiger partial charge < -0.3 is 4.74 Å². The molecule has 0 amide bonds. The van der Waals surface area contributed by atoms with E-state index in [4.69, 9.17) is 4.74 Å². The predicted octanol–water partition coefficient (Wildman–Crippen LogP) is 3.90. The molecule has 0 bridgehead atoms. The second-order valence-electron chi connectivity index (χ2n) is 5.63. The summed E-state index contributed by atoms with van der Waals surface area (Å²) in [6.07, 6.45) is -2.61. The van der Waals surface area contributed by atoms with Crippen LogP contribution in [0.4, 0.5) is 13.2 Å². The van der Waals surface area contributed by atoms with Crippen molar-refractivity contribution in [2.75, 3.05) is 13.2 Å². The lowest BCUT2D eigenvalue weighted by atomic mass is 10.1. The van der Waals surface area contributed by atoms with E-state index in [1.54, 1.807) is 4.68 Å². The summed E-state index contributed by atoms with van der Waals surface area (Å²) in [5, 5.41) is 12.5. The highest BCUT2D eigenvalue weighted by Crippen LogP contribution is 2.37. The molecule has 0 saturated carbocycles. The van der Waals surface area contributed by atoms with Gasteiger partial charge in [-0.1, -0.05) is 23.9 Å². The van der Waals surface area contributed by atoms with Gasteiger partial charge in [-0.05, 0) is 47.9 Å². The highest BCUT2D eigenvalue weighted by Gasteiger charge is 2.30. The SMILES string of the molecule is CC(Sc1nnnn1C1CCOCC1)c1ccc(C(F)(F)F)cc1. The molecule has 1 aliphatic rings. The van der Waals surface area contributed by atoms with E-state index in [2.05, 4.69) is 15.5 Å². The number of aromatic nitrogens is 4. The lowest BCUT2D eigenvalue weighted by Crippen LogP contribution is -2.21. The van der Waals surface area contributed by atoms with Gasteiger partial charge in [0.15, 0.2) is 0 Å². The Morgan fingerprint density at radius 2 is 1.88 bits per heavy atom. The second kappa shape index (κ2) is 7.10. The Hall–Kier alpha value is -1.61. The number of thioether (sulfide) groups is 1. The van der Waals surface area contributed by atoms with Gasteiger partial charge in [0.2, 0.25) is 5.16 Å². The normalized spacial score (nSPS) is 17.8. The van der Waals surface area contributed by atoms with Crippen molar-refractivity contribution in [3.63, 3.8) is 0 Å². The molecule has 1 aliphatic heterocycles. The van der Waals surface area contributed by atoms with Crippen LogP contribution in [-0.4, -0.2) is 33.4 Å². The molecule has 0 N–H and O–H groups in total. The van der Waals surface area contributed by atoms with Crippen LogP contribution in [-0.2, 0) is 10.9 Å². The number of hydrogen-bond acceptors (Lipinski definition) is 5. The first-order chi connectivity index (χ1) is 11.4. The number of alkyl halides is 3. The van der Waals surface area contributed by atoms with Crippen LogP contribution in [0.5, 0.6) is 0 Å². The van der Waals surface area contributed by atoms with Crippen LogP contribution in [0.1, 0.15) is 42.2 Å². The lowest BCUT2D eigenvalue weighted by Gasteiger charge is -2.23. The van der Waals surface area contributed by atoms with Crippen molar-refractivity contribution in [2.24, 2.45) is 0 Å². The Bertz CT molecular complexity index is 668. The summed E-state index contributed by atoms with van der Waals surface area (Å²) in [6, 6.07) is 5.42. The third kappa shape index (κ3) is 3.89. The molecule has 5 nitrogen and oxygen atoms in total. The van der Waals surface area contributed by atoms with Gasteiger partial charge in [0.05, 0.1) is 11.6 Å². The number of halogens is 3. The second-order valence-corrected chi connectivity index (χ2v) is 6.94. The van der Waals surface area contributed by atoms with E-state index in [1.807, 2.05) is 6.92 Å². The van der Waals surface area contributed by atoms with Gasteiger partial charge in [-0.25, -0.2) is 4.68 Å². The van der Waals surface area contributed by atoms with Crippen LogP contribution in [0.2, 0.25) is 0 Å². The van der Waals surface area contributed by atoms with Gasteiger partial charge in [0, 0.05) is 18.5 Å². The third-order valence-electron chi connectivity index (χ3n) is 3.99. The average Bonchev–Trinajstić information content (AvgIpc) is 3.03. The Balaban J connectivity index is 1.71. The molecule has 1 unspecified atom stereocenters. The number of tetrazole rings is 1. The molecule has 1 aromatic heterocycles. The van der Waals surface area contributed by atoms with E-state index in [-0.39, 0.29) is 11.3 Å². The predicted molar refractivity (Wildman–Crippen MR) is 82.6 cm³/mol. The van der Waals surface area contributed by atoms with Gasteiger partial charge in [0.25, 0.3) is 0 Å². The van der Waals surface area contributed by atoms with Crippen molar-refractivity contribution in [1.82, 2.24) is 20.2 Å². The topological polar surface area (TPSA) is 52.8 Å². The third-order valence-corrected chi connectivity index (χ3v) is 5.09. The monoisotopic (exact) mass is 358 g/mol. The first kappa shape index (κ1) is 17.2. The van der Waals surface area contributed by atoms with Crippen LogP contribution in [0.25, 0.3) is 0 Å². The largest absolute Gasteiger partial charge is 0.416 e. The van der Waals surface area contributed by atoms with Crippen LogP contribution < -0.4 is 0 Å². The Kier molecular flexibility index (Phi) is 5.09. The van der Waals surface area contributed by atoms with E-state index < -0.39 is 11.7 Å². The summed E-state index contributed by atoms with van der Waals surface area (Å²) in [6.45, 7) is 3.29. The number of nitrogens with zero attached hydrogens (tertiary/aromatic N) is 4. The molecule has 1 fully saturated rings. The minimum absolute atomic E-state index is 0.0584. The first-order valence-corrected chi connectivity index (χ1v) is 8.52. The maximum atomic E-state index is 12.6. The fourth-order valence-corrected chi connectivity index (χ4v) is 3.58. The zero-order valence-corrected chi connectivity index (χ0v) is 13.8. The Morgan fingerprint density at radius 1 is 1.21 bits per heavy atom. The molecule has 1 saturated heterocycles. The number of ether oxygens (including phenoxy) is 1. The summed E-state index contributed by atoms with van der Waals surface area (Å²) in [7, 11) is 0. The van der Waals surface area contributed by atoms with Crippen LogP contribution >= 0.6 is 11.8 Å². The summed E-state index contributed by atoms with van der Waals surface area (Å²) < 4.78 is 45.1. The molecule has 0 spiro atoms. The number of benzene rings is 1. The van der Waals surface area contributed by atoms with E-state index in [1.165, 1.54) is 23.9 Å². The minimum Gasteiger partial charge on any atom is -0.381 e. The molecule has 1 atom stereocenters. The van der Waals surface area contributed by atoms with Gasteiger partial charge >= 0.3 is 6.18 Å². The first-order valence-electron chi connectivity index (χ1n) is 7.64. The molecule has 9 heteroatoms. The van der Waals surface area contributed by atoms with E-state index in [0.29, 0.717) is 18.4 Å². The average molecular weight is 358 g/mol. The Labute approximate surface area is 141 Å². The highest BCUT2D eigenvalue weighted by atomic mass is 32.2. The van der Waals surface area contributed by atoms with Gasteiger partial charge in [-0.15, -0.1) is 5.10 Å². The maximum Gasteiger partial charge on any atom is 0.416 e. The number of rotatable bonds is 4. The molecule has 1 aromatic carbocycles. The molecule has 3 rings (SSSR count). The smallest absolute Gasteiger partial charge is 0.381 e. The summed E-state index contributed by atoms with van der Waals surface area (Å²) in [5.41, 5.74) is 0.157. The van der Waals surface area contributed by atoms with E-state index in [9.17, 15) is 13.2 Å². The van der Waals surface area contributed by atoms with Crippen molar-refractivity contribution in [1.29, 1.82) is 0 Å².